The maximum absolute atomic E-state index is 9.24. The van der Waals surface area contributed by atoms with Crippen LogP contribution in [0.4, 0.5) is 11.4 Å². The van der Waals surface area contributed by atoms with Gasteiger partial charge in [-0.25, -0.2) is 4.98 Å². The zero-order valence-electron chi connectivity index (χ0n) is 47.9. The summed E-state index contributed by atoms with van der Waals surface area (Å²) in [5, 5.41) is 7.54. The molecule has 0 atom stereocenters. The van der Waals surface area contributed by atoms with Gasteiger partial charge in [0.1, 0.15) is 5.82 Å². The Morgan fingerprint density at radius 3 is 2.06 bits per heavy atom. The van der Waals surface area contributed by atoms with E-state index in [9.17, 15) is 1.37 Å². The SMILES string of the molecule is [2H]c1c([2H])c([2H])c2c(c1[2H])c1ccc(Oc3[c-]c(N4[CH-]n5c6c(C)cccc6c6cc(C)ccc6c6ccccc6c6cccc4c65)cc(C(C)(C)C)c3)[c-]c1n2-c1cc(C([2H])([2H])[2H])c(-c2ccc(C(C)(C)C)cc2)cn1.[Pt]. The maximum atomic E-state index is 9.24. The van der Waals surface area contributed by atoms with Crippen LogP contribution >= 0.6 is 0 Å². The van der Waals surface area contributed by atoms with E-state index >= 15 is 0 Å². The van der Waals surface area contributed by atoms with Crippen LogP contribution in [0.25, 0.3) is 82.1 Å². The molecule has 0 amide bonds. The van der Waals surface area contributed by atoms with E-state index in [0.29, 0.717) is 27.8 Å². The Balaban J connectivity index is 0.00000645. The van der Waals surface area contributed by atoms with Gasteiger partial charge in [-0.1, -0.05) is 185 Å². The third-order valence-electron chi connectivity index (χ3n) is 13.8. The molecule has 5 nitrogen and oxygen atoms in total. The van der Waals surface area contributed by atoms with Crippen LogP contribution in [0, 0.1) is 39.5 Å². The molecule has 11 aromatic rings. The number of hydrogen-bond donors (Lipinski definition) is 0. The third-order valence-corrected chi connectivity index (χ3v) is 13.8. The fraction of sp³-hybridized carbons (Fsp3) is 0.169. The van der Waals surface area contributed by atoms with Crippen LogP contribution in [-0.4, -0.2) is 14.1 Å². The van der Waals surface area contributed by atoms with Crippen molar-refractivity contribution in [3.8, 4) is 28.4 Å². The molecule has 0 saturated carbocycles. The van der Waals surface area contributed by atoms with Crippen molar-refractivity contribution in [1.29, 1.82) is 0 Å². The van der Waals surface area contributed by atoms with Crippen LogP contribution in [-0.2, 0) is 31.9 Å². The molecule has 0 unspecified atom stereocenters. The van der Waals surface area contributed by atoms with Gasteiger partial charge in [0.15, 0.2) is 0 Å². The van der Waals surface area contributed by atoms with E-state index in [-0.39, 0.29) is 78.1 Å². The zero-order chi connectivity index (χ0) is 54.2. The summed E-state index contributed by atoms with van der Waals surface area (Å²) in [5.74, 6) is 0.846. The summed E-state index contributed by atoms with van der Waals surface area (Å²) in [6.07, 6.45) is 1.53. The smallest absolute Gasteiger partial charge is 0.135 e. The molecule has 0 N–H and O–H groups in total. The van der Waals surface area contributed by atoms with E-state index in [0.717, 1.165) is 66.0 Å². The van der Waals surface area contributed by atoms with Gasteiger partial charge in [-0.2, -0.15) is 6.07 Å². The van der Waals surface area contributed by atoms with Gasteiger partial charge in [-0.15, -0.1) is 41.3 Å². The molecule has 6 heteroatoms. The van der Waals surface area contributed by atoms with Gasteiger partial charge in [0.05, 0.1) is 5.48 Å². The van der Waals surface area contributed by atoms with E-state index in [2.05, 4.69) is 169 Å². The van der Waals surface area contributed by atoms with Gasteiger partial charge in [0.2, 0.25) is 0 Å². The second-order valence-corrected chi connectivity index (χ2v) is 20.6. The number of pyridine rings is 1. The van der Waals surface area contributed by atoms with Gasteiger partial charge >= 0.3 is 0 Å². The first kappa shape index (κ1) is 38.4. The second kappa shape index (κ2) is 17.2. The maximum Gasteiger partial charge on any atom is 0.135 e. The van der Waals surface area contributed by atoms with E-state index < -0.39 is 12.9 Å². The van der Waals surface area contributed by atoms with Crippen molar-refractivity contribution in [3.63, 3.8) is 0 Å². The molecule has 4 heterocycles. The molecule has 12 rings (SSSR count). The minimum absolute atomic E-state index is 0. The molecule has 8 aromatic carbocycles. The molecular formula is C65H55N4OPt-3. The van der Waals surface area contributed by atoms with Gasteiger partial charge in [0.25, 0.3) is 0 Å². The summed E-state index contributed by atoms with van der Waals surface area (Å²) < 4.78 is 72.8. The molecular weight excluding hydrogens is 1050 g/mol. The number of ether oxygens (including phenoxy) is 1. The van der Waals surface area contributed by atoms with Crippen molar-refractivity contribution < 1.29 is 35.4 Å². The fourth-order valence-corrected chi connectivity index (χ4v) is 10.2. The van der Waals surface area contributed by atoms with Gasteiger partial charge in [0, 0.05) is 59.6 Å². The Morgan fingerprint density at radius 2 is 1.30 bits per heavy atom. The van der Waals surface area contributed by atoms with Crippen molar-refractivity contribution in [2.24, 2.45) is 0 Å². The Kier molecular flexibility index (Phi) is 9.32. The Hall–Kier alpha value is -7.33. The molecule has 1 aliphatic heterocycles. The number of fused-ring (bicyclic) bond motifs is 10. The van der Waals surface area contributed by atoms with E-state index in [1.807, 2.05) is 30.3 Å². The Bertz CT molecular complexity index is 4370. The molecule has 0 spiro atoms. The molecule has 3 aromatic heterocycles. The Labute approximate surface area is 440 Å². The molecule has 0 bridgehead atoms. The van der Waals surface area contributed by atoms with Crippen LogP contribution in [0.2, 0.25) is 0 Å². The number of benzene rings is 8. The zero-order valence-corrected chi connectivity index (χ0v) is 43.1. The van der Waals surface area contributed by atoms with Crippen molar-refractivity contribution in [2.45, 2.75) is 73.1 Å². The van der Waals surface area contributed by atoms with Crippen LogP contribution < -0.4 is 9.64 Å². The molecule has 1 aliphatic rings. The van der Waals surface area contributed by atoms with Crippen molar-refractivity contribution in [1.82, 2.24) is 14.1 Å². The molecule has 0 saturated heterocycles. The van der Waals surface area contributed by atoms with Gasteiger partial charge < -0.3 is 18.8 Å². The van der Waals surface area contributed by atoms with E-state index in [4.69, 9.17) is 17.9 Å². The summed E-state index contributed by atoms with van der Waals surface area (Å²) in [7, 11) is 0. The standard InChI is InChI=1S/C65H55N4O.Pt/c1-40-24-30-51-49-17-10-11-18-50(49)54-21-15-23-59-63(54)68(62-41(2)16-14-20-55(62)56(51)32-40)39-67(59)46-34-45(65(7,8)9)35-48(36-46)70-47-29-31-53-52-19-12-13-22-58(52)69(60(53)37-47)61-33-42(3)57(38-66-61)43-25-27-44(28-26-43)64(4,5)6;/h10-35,38-39H,1-9H3;/q-3;/i3D3,12D,13D,19D,22D;. The van der Waals surface area contributed by atoms with Crippen LogP contribution in [0.3, 0.4) is 0 Å². The predicted molar refractivity (Wildman–Crippen MR) is 294 cm³/mol. The topological polar surface area (TPSA) is 35.2 Å². The largest absolute Gasteiger partial charge is 0.509 e. The summed E-state index contributed by atoms with van der Waals surface area (Å²) in [6.45, 7) is 16.7. The number of aromatic nitrogens is 3. The van der Waals surface area contributed by atoms with Crippen molar-refractivity contribution in [3.05, 3.63) is 210 Å². The van der Waals surface area contributed by atoms with Crippen molar-refractivity contribution >= 4 is 76.5 Å². The number of anilines is 2. The number of nitrogens with zero attached hydrogens (tertiary/aromatic N) is 4. The quantitative estimate of drug-likeness (QED) is 0.161. The summed E-state index contributed by atoms with van der Waals surface area (Å²) >= 11 is 0. The fourth-order valence-electron chi connectivity index (χ4n) is 10.2. The van der Waals surface area contributed by atoms with Crippen LogP contribution in [0.5, 0.6) is 11.5 Å². The second-order valence-electron chi connectivity index (χ2n) is 20.6. The molecule has 0 radical (unpaired) electrons. The summed E-state index contributed by atoms with van der Waals surface area (Å²) in [4.78, 5) is 7.04. The number of rotatable bonds is 5. The molecule has 0 aliphatic carbocycles. The minimum Gasteiger partial charge on any atom is -0.509 e. The van der Waals surface area contributed by atoms with Gasteiger partial charge in [-0.3, -0.25) is 0 Å². The van der Waals surface area contributed by atoms with E-state index in [1.165, 1.54) is 23.2 Å². The minimum atomic E-state index is -2.57. The first-order valence-electron chi connectivity index (χ1n) is 27.3. The third kappa shape index (κ3) is 7.83. The van der Waals surface area contributed by atoms with Crippen molar-refractivity contribution in [2.75, 3.05) is 4.90 Å². The van der Waals surface area contributed by atoms with Gasteiger partial charge in [-0.05, 0) is 116 Å². The normalized spacial score (nSPS) is 14.1. The predicted octanol–water partition coefficient (Wildman–Crippen LogP) is 17.4. The number of para-hydroxylation sites is 3. The molecule has 354 valence electrons. The number of hydrogen-bond acceptors (Lipinski definition) is 3. The Morgan fingerprint density at radius 1 is 0.606 bits per heavy atom. The first-order chi connectivity index (χ1) is 36.6. The molecule has 0 fully saturated rings. The average Bonchev–Trinajstić information content (AvgIpc) is 4.20. The summed E-state index contributed by atoms with van der Waals surface area (Å²) in [5.41, 5.74) is 9.42. The van der Waals surface area contributed by atoms with Crippen LogP contribution in [0.15, 0.2) is 164 Å². The van der Waals surface area contributed by atoms with E-state index in [1.54, 1.807) is 16.7 Å². The summed E-state index contributed by atoms with van der Waals surface area (Å²) in [6, 6.07) is 51.0. The van der Waals surface area contributed by atoms with Crippen LogP contribution in [0.1, 0.15) is 79.0 Å². The number of aryl methyl sites for hydroxylation is 3. The average molecular weight is 1110 g/mol. The molecule has 71 heavy (non-hydrogen) atoms. The monoisotopic (exact) mass is 1110 g/mol. The first-order valence-corrected chi connectivity index (χ1v) is 23.8.